The lowest BCUT2D eigenvalue weighted by atomic mass is 10.0. The molecule has 0 heterocycles. The summed E-state index contributed by atoms with van der Waals surface area (Å²) in [7, 11) is -9.32. The molecule has 2 rings (SSSR count). The SMILES string of the molecule is CCCCCCCCCCCCc1cc(S(=O)(=O)O)c(Oc2ccccc2)cc1S(=O)(=O)O. The van der Waals surface area contributed by atoms with Crippen molar-refractivity contribution in [3.63, 3.8) is 0 Å². The highest BCUT2D eigenvalue weighted by atomic mass is 32.2. The van der Waals surface area contributed by atoms with Crippen LogP contribution in [0.4, 0.5) is 0 Å². The first-order valence-corrected chi connectivity index (χ1v) is 14.4. The summed E-state index contributed by atoms with van der Waals surface area (Å²) in [6, 6.07) is 10.2. The van der Waals surface area contributed by atoms with Gasteiger partial charge in [0.25, 0.3) is 20.2 Å². The Hall–Kier alpha value is -1.94. The van der Waals surface area contributed by atoms with Gasteiger partial charge in [0.15, 0.2) is 0 Å². The summed E-state index contributed by atoms with van der Waals surface area (Å²) in [6.07, 6.45) is 11.2. The Balaban J connectivity index is 2.11. The lowest BCUT2D eigenvalue weighted by Crippen LogP contribution is -2.09. The molecule has 184 valence electrons. The third-order valence-corrected chi connectivity index (χ3v) is 7.26. The van der Waals surface area contributed by atoms with Crippen LogP contribution in [0.3, 0.4) is 0 Å². The van der Waals surface area contributed by atoms with E-state index in [0.717, 1.165) is 31.4 Å². The first-order valence-electron chi connectivity index (χ1n) is 11.5. The minimum atomic E-state index is -4.69. The fourth-order valence-corrected chi connectivity index (χ4v) is 5.11. The number of ether oxygens (including phenoxy) is 1. The molecule has 7 nitrogen and oxygen atoms in total. The minimum Gasteiger partial charge on any atom is -0.456 e. The monoisotopic (exact) mass is 498 g/mol. The molecule has 0 atom stereocenters. The van der Waals surface area contributed by atoms with Crippen molar-refractivity contribution in [1.82, 2.24) is 0 Å². The fraction of sp³-hybridized carbons (Fsp3) is 0.500. The molecule has 2 aromatic rings. The van der Waals surface area contributed by atoms with E-state index < -0.39 is 30.0 Å². The van der Waals surface area contributed by atoms with Crippen LogP contribution in [0.5, 0.6) is 11.5 Å². The van der Waals surface area contributed by atoms with E-state index in [2.05, 4.69) is 6.92 Å². The molecule has 2 aromatic carbocycles. The van der Waals surface area contributed by atoms with Crippen LogP contribution >= 0.6 is 0 Å². The Morgan fingerprint density at radius 2 is 1.21 bits per heavy atom. The Morgan fingerprint density at radius 1 is 0.697 bits per heavy atom. The lowest BCUT2D eigenvalue weighted by Gasteiger charge is -2.14. The maximum Gasteiger partial charge on any atom is 0.298 e. The summed E-state index contributed by atoms with van der Waals surface area (Å²) < 4.78 is 72.8. The number of aryl methyl sites for hydroxylation is 1. The molecule has 0 spiro atoms. The van der Waals surface area contributed by atoms with Crippen LogP contribution in [0, 0.1) is 0 Å². The first-order chi connectivity index (χ1) is 15.6. The highest BCUT2D eigenvalue weighted by Gasteiger charge is 2.25. The average Bonchev–Trinajstić information content (AvgIpc) is 2.75. The topological polar surface area (TPSA) is 118 Å². The van der Waals surface area contributed by atoms with E-state index in [4.69, 9.17) is 4.74 Å². The van der Waals surface area contributed by atoms with Gasteiger partial charge >= 0.3 is 0 Å². The number of para-hydroxylation sites is 1. The summed E-state index contributed by atoms with van der Waals surface area (Å²) in [5, 5.41) is 0. The van der Waals surface area contributed by atoms with Crippen LogP contribution in [0.25, 0.3) is 0 Å². The molecule has 0 radical (unpaired) electrons. The third kappa shape index (κ3) is 9.44. The van der Waals surface area contributed by atoms with Crippen molar-refractivity contribution >= 4 is 20.2 Å². The number of hydrogen-bond acceptors (Lipinski definition) is 5. The van der Waals surface area contributed by atoms with Crippen LogP contribution in [-0.2, 0) is 26.7 Å². The molecule has 9 heteroatoms. The maximum absolute atomic E-state index is 12.0. The second-order valence-corrected chi connectivity index (χ2v) is 11.0. The van der Waals surface area contributed by atoms with Crippen LogP contribution in [0.15, 0.2) is 52.3 Å². The van der Waals surface area contributed by atoms with Gasteiger partial charge in [0, 0.05) is 6.07 Å². The van der Waals surface area contributed by atoms with Crippen molar-refractivity contribution in [2.45, 2.75) is 87.3 Å². The molecule has 0 aliphatic rings. The number of rotatable bonds is 15. The molecule has 0 saturated carbocycles. The highest BCUT2D eigenvalue weighted by Crippen LogP contribution is 2.34. The summed E-state index contributed by atoms with van der Waals surface area (Å²) in [5.41, 5.74) is 0.130. The first kappa shape index (κ1) is 27.3. The predicted octanol–water partition coefficient (Wildman–Crippen LogP) is 6.44. The normalized spacial score (nSPS) is 12.1. The molecule has 0 fully saturated rings. The Labute approximate surface area is 197 Å². The zero-order valence-corrected chi connectivity index (χ0v) is 20.7. The molecular formula is C24H34O7S2. The molecule has 0 bridgehead atoms. The molecule has 0 saturated heterocycles. The van der Waals surface area contributed by atoms with E-state index in [1.165, 1.54) is 38.5 Å². The van der Waals surface area contributed by atoms with Crippen molar-refractivity contribution in [2.75, 3.05) is 0 Å². The second kappa shape index (κ2) is 13.1. The molecule has 0 unspecified atom stereocenters. The highest BCUT2D eigenvalue weighted by molar-refractivity contribution is 7.86. The lowest BCUT2D eigenvalue weighted by molar-refractivity contribution is 0.444. The standard InChI is InChI=1S/C24H34O7S2/c1-2-3-4-5-6-7-8-9-10-12-15-20-18-24(33(28,29)30)22(19-23(20)32(25,26)27)31-21-16-13-11-14-17-21/h11,13-14,16-19H,2-10,12,15H2,1H3,(H,25,26,27)(H,28,29,30). The molecule has 0 aliphatic carbocycles. The van der Waals surface area contributed by atoms with Crippen LogP contribution < -0.4 is 4.74 Å². The fourth-order valence-electron chi connectivity index (χ4n) is 3.72. The van der Waals surface area contributed by atoms with Gasteiger partial charge in [-0.05, 0) is 36.6 Å². The van der Waals surface area contributed by atoms with Crippen molar-refractivity contribution in [1.29, 1.82) is 0 Å². The molecule has 2 N–H and O–H groups in total. The smallest absolute Gasteiger partial charge is 0.298 e. The van der Waals surface area contributed by atoms with Gasteiger partial charge in [0.1, 0.15) is 21.3 Å². The van der Waals surface area contributed by atoms with Gasteiger partial charge in [0.2, 0.25) is 0 Å². The number of hydrogen-bond donors (Lipinski definition) is 2. The van der Waals surface area contributed by atoms with E-state index in [0.29, 0.717) is 6.42 Å². The van der Waals surface area contributed by atoms with Gasteiger partial charge in [-0.25, -0.2) is 0 Å². The zero-order chi connectivity index (χ0) is 24.3. The van der Waals surface area contributed by atoms with Crippen molar-refractivity contribution in [3.8, 4) is 11.5 Å². The number of unbranched alkanes of at least 4 members (excludes halogenated alkanes) is 9. The molecule has 33 heavy (non-hydrogen) atoms. The van der Waals surface area contributed by atoms with E-state index in [9.17, 15) is 25.9 Å². The summed E-state index contributed by atoms with van der Waals surface area (Å²) in [6.45, 7) is 2.19. The van der Waals surface area contributed by atoms with E-state index in [-0.39, 0.29) is 23.5 Å². The Kier molecular flexibility index (Phi) is 10.8. The predicted molar refractivity (Wildman–Crippen MR) is 128 cm³/mol. The quantitative estimate of drug-likeness (QED) is 0.214. The van der Waals surface area contributed by atoms with E-state index >= 15 is 0 Å². The molecule has 0 aromatic heterocycles. The zero-order valence-electron chi connectivity index (χ0n) is 19.1. The molecule has 0 amide bonds. The Morgan fingerprint density at radius 3 is 1.73 bits per heavy atom. The Bertz CT molecular complexity index is 1080. The summed E-state index contributed by atoms with van der Waals surface area (Å²) in [5.74, 6) is -0.116. The van der Waals surface area contributed by atoms with Gasteiger partial charge in [-0.15, -0.1) is 0 Å². The van der Waals surface area contributed by atoms with Crippen molar-refractivity contribution in [2.24, 2.45) is 0 Å². The maximum atomic E-state index is 12.0. The molecule has 0 aliphatic heterocycles. The average molecular weight is 499 g/mol. The second-order valence-electron chi connectivity index (χ2n) is 8.20. The molecular weight excluding hydrogens is 464 g/mol. The number of benzene rings is 2. The van der Waals surface area contributed by atoms with Crippen molar-refractivity contribution < 1.29 is 30.7 Å². The van der Waals surface area contributed by atoms with Gasteiger partial charge in [-0.2, -0.15) is 16.8 Å². The summed E-state index contributed by atoms with van der Waals surface area (Å²) in [4.78, 5) is -0.961. The third-order valence-electron chi connectivity index (χ3n) is 5.45. The van der Waals surface area contributed by atoms with Crippen LogP contribution in [0.1, 0.15) is 76.7 Å². The van der Waals surface area contributed by atoms with E-state index in [1.807, 2.05) is 0 Å². The minimum absolute atomic E-state index is 0.130. The van der Waals surface area contributed by atoms with Gasteiger partial charge in [-0.1, -0.05) is 82.9 Å². The summed E-state index contributed by atoms with van der Waals surface area (Å²) >= 11 is 0. The van der Waals surface area contributed by atoms with Gasteiger partial charge < -0.3 is 4.74 Å². The van der Waals surface area contributed by atoms with Gasteiger partial charge in [0.05, 0.1) is 0 Å². The van der Waals surface area contributed by atoms with Crippen LogP contribution in [0.2, 0.25) is 0 Å². The van der Waals surface area contributed by atoms with Crippen molar-refractivity contribution in [3.05, 3.63) is 48.0 Å². The van der Waals surface area contributed by atoms with E-state index in [1.54, 1.807) is 30.3 Å². The largest absolute Gasteiger partial charge is 0.456 e. The van der Waals surface area contributed by atoms with Gasteiger partial charge in [-0.3, -0.25) is 9.11 Å². The van der Waals surface area contributed by atoms with Crippen LogP contribution in [-0.4, -0.2) is 25.9 Å².